The number of benzene rings is 1. The number of nitrogens with two attached hydrogens (primary N) is 1. The van der Waals surface area contributed by atoms with E-state index in [1.165, 1.54) is 5.56 Å². The highest BCUT2D eigenvalue weighted by atomic mass is 15.3. The Morgan fingerprint density at radius 1 is 1.29 bits per heavy atom. The van der Waals surface area contributed by atoms with Crippen LogP contribution in [-0.4, -0.2) is 48.6 Å². The highest BCUT2D eigenvalue weighted by Crippen LogP contribution is 2.15. The Kier molecular flexibility index (Phi) is 4.15. The molecular weight excluding hydrogens is 210 g/mol. The van der Waals surface area contributed by atoms with E-state index in [0.29, 0.717) is 6.04 Å². The van der Waals surface area contributed by atoms with Crippen LogP contribution in [0.4, 0.5) is 0 Å². The van der Waals surface area contributed by atoms with Gasteiger partial charge in [0, 0.05) is 38.3 Å². The Morgan fingerprint density at radius 2 is 2.00 bits per heavy atom. The lowest BCUT2D eigenvalue weighted by molar-refractivity contribution is 0.0715. The van der Waals surface area contributed by atoms with Crippen LogP contribution in [0.15, 0.2) is 30.3 Å². The first-order valence-corrected chi connectivity index (χ1v) is 6.39. The number of likely N-dealkylation sites (N-methyl/N-ethyl adjacent to an activating group) is 1. The molecule has 1 saturated heterocycles. The molecule has 1 fully saturated rings. The lowest BCUT2D eigenvalue weighted by atomic mass is 10.0. The molecule has 2 rings (SSSR count). The van der Waals surface area contributed by atoms with Gasteiger partial charge in [0.25, 0.3) is 0 Å². The predicted molar refractivity (Wildman–Crippen MR) is 71.8 cm³/mol. The van der Waals surface area contributed by atoms with Crippen molar-refractivity contribution in [2.45, 2.75) is 25.6 Å². The SMILES string of the molecule is C[C@H](N)C1CN(C)CCN1Cc1ccccc1. The third kappa shape index (κ3) is 3.28. The number of hydrogen-bond acceptors (Lipinski definition) is 3. The third-order valence-electron chi connectivity index (χ3n) is 3.57. The van der Waals surface area contributed by atoms with E-state index in [-0.39, 0.29) is 6.04 Å². The van der Waals surface area contributed by atoms with Crippen molar-refractivity contribution in [3.63, 3.8) is 0 Å². The molecule has 2 atom stereocenters. The molecule has 1 aromatic rings. The van der Waals surface area contributed by atoms with Gasteiger partial charge in [-0.25, -0.2) is 0 Å². The third-order valence-corrected chi connectivity index (χ3v) is 3.57. The zero-order valence-electron chi connectivity index (χ0n) is 10.8. The molecular formula is C14H23N3. The van der Waals surface area contributed by atoms with E-state index in [1.54, 1.807) is 0 Å². The number of nitrogens with zero attached hydrogens (tertiary/aromatic N) is 2. The van der Waals surface area contributed by atoms with Crippen LogP contribution in [-0.2, 0) is 6.54 Å². The lowest BCUT2D eigenvalue weighted by Crippen LogP contribution is -2.57. The molecule has 1 heterocycles. The fourth-order valence-corrected chi connectivity index (χ4v) is 2.50. The molecule has 0 bridgehead atoms. The second-order valence-corrected chi connectivity index (χ2v) is 5.14. The second kappa shape index (κ2) is 5.63. The molecule has 94 valence electrons. The molecule has 0 aromatic heterocycles. The molecule has 17 heavy (non-hydrogen) atoms. The summed E-state index contributed by atoms with van der Waals surface area (Å²) in [5.74, 6) is 0. The van der Waals surface area contributed by atoms with E-state index in [1.807, 2.05) is 0 Å². The molecule has 0 radical (unpaired) electrons. The molecule has 1 aromatic carbocycles. The smallest absolute Gasteiger partial charge is 0.0375 e. The van der Waals surface area contributed by atoms with Crippen LogP contribution in [0.2, 0.25) is 0 Å². The predicted octanol–water partition coefficient (Wildman–Crippen LogP) is 1.15. The normalized spacial score (nSPS) is 24.8. The Hall–Kier alpha value is -0.900. The quantitative estimate of drug-likeness (QED) is 0.850. The van der Waals surface area contributed by atoms with Crippen LogP contribution in [0, 0.1) is 0 Å². The Balaban J connectivity index is 2.03. The molecule has 1 aliphatic heterocycles. The van der Waals surface area contributed by atoms with Gasteiger partial charge in [0.1, 0.15) is 0 Å². The molecule has 3 heteroatoms. The topological polar surface area (TPSA) is 32.5 Å². The molecule has 1 unspecified atom stereocenters. The maximum atomic E-state index is 6.11. The Morgan fingerprint density at radius 3 is 2.65 bits per heavy atom. The Bertz CT molecular complexity index is 337. The van der Waals surface area contributed by atoms with Crippen molar-refractivity contribution in [1.82, 2.24) is 9.80 Å². The zero-order valence-corrected chi connectivity index (χ0v) is 10.8. The van der Waals surface area contributed by atoms with Gasteiger partial charge in [0.2, 0.25) is 0 Å². The maximum absolute atomic E-state index is 6.11. The first-order valence-electron chi connectivity index (χ1n) is 6.39. The van der Waals surface area contributed by atoms with E-state index < -0.39 is 0 Å². The van der Waals surface area contributed by atoms with Crippen LogP contribution >= 0.6 is 0 Å². The number of rotatable bonds is 3. The van der Waals surface area contributed by atoms with E-state index >= 15 is 0 Å². The molecule has 0 aliphatic carbocycles. The minimum absolute atomic E-state index is 0.224. The van der Waals surface area contributed by atoms with Crippen LogP contribution in [0.1, 0.15) is 12.5 Å². The van der Waals surface area contributed by atoms with E-state index in [2.05, 4.69) is 54.1 Å². The van der Waals surface area contributed by atoms with Crippen molar-refractivity contribution in [2.75, 3.05) is 26.7 Å². The van der Waals surface area contributed by atoms with Gasteiger partial charge in [0.05, 0.1) is 0 Å². The van der Waals surface area contributed by atoms with Gasteiger partial charge < -0.3 is 10.6 Å². The summed E-state index contributed by atoms with van der Waals surface area (Å²) in [4.78, 5) is 4.88. The second-order valence-electron chi connectivity index (χ2n) is 5.14. The molecule has 0 saturated carbocycles. The van der Waals surface area contributed by atoms with Crippen molar-refractivity contribution in [2.24, 2.45) is 5.73 Å². The summed E-state index contributed by atoms with van der Waals surface area (Å²) in [5.41, 5.74) is 7.48. The summed E-state index contributed by atoms with van der Waals surface area (Å²) in [6.07, 6.45) is 0. The van der Waals surface area contributed by atoms with Gasteiger partial charge in [-0.3, -0.25) is 4.90 Å². The van der Waals surface area contributed by atoms with Gasteiger partial charge in [-0.2, -0.15) is 0 Å². The molecule has 1 aliphatic rings. The maximum Gasteiger partial charge on any atom is 0.0375 e. The summed E-state index contributed by atoms with van der Waals surface area (Å²) in [6.45, 7) is 6.45. The molecule has 0 amide bonds. The minimum Gasteiger partial charge on any atom is -0.326 e. The summed E-state index contributed by atoms with van der Waals surface area (Å²) < 4.78 is 0. The monoisotopic (exact) mass is 233 g/mol. The number of hydrogen-bond donors (Lipinski definition) is 1. The van der Waals surface area contributed by atoms with Crippen LogP contribution in [0.5, 0.6) is 0 Å². The minimum atomic E-state index is 0.224. The van der Waals surface area contributed by atoms with Gasteiger partial charge in [-0.15, -0.1) is 0 Å². The van der Waals surface area contributed by atoms with E-state index in [9.17, 15) is 0 Å². The highest BCUT2D eigenvalue weighted by Gasteiger charge is 2.27. The van der Waals surface area contributed by atoms with Crippen LogP contribution in [0.3, 0.4) is 0 Å². The number of piperazine rings is 1. The first kappa shape index (κ1) is 12.6. The van der Waals surface area contributed by atoms with Gasteiger partial charge in [-0.05, 0) is 19.5 Å². The molecule has 0 spiro atoms. The van der Waals surface area contributed by atoms with Crippen molar-refractivity contribution in [3.8, 4) is 0 Å². The molecule has 2 N–H and O–H groups in total. The zero-order chi connectivity index (χ0) is 12.3. The van der Waals surface area contributed by atoms with Crippen molar-refractivity contribution in [1.29, 1.82) is 0 Å². The summed E-state index contributed by atoms with van der Waals surface area (Å²) in [6, 6.07) is 11.3. The fraction of sp³-hybridized carbons (Fsp3) is 0.571. The van der Waals surface area contributed by atoms with Crippen molar-refractivity contribution < 1.29 is 0 Å². The van der Waals surface area contributed by atoms with Crippen LogP contribution in [0.25, 0.3) is 0 Å². The summed E-state index contributed by atoms with van der Waals surface area (Å²) >= 11 is 0. The van der Waals surface area contributed by atoms with Gasteiger partial charge in [0.15, 0.2) is 0 Å². The highest BCUT2D eigenvalue weighted by molar-refractivity contribution is 5.14. The largest absolute Gasteiger partial charge is 0.326 e. The summed E-state index contributed by atoms with van der Waals surface area (Å²) in [7, 11) is 2.18. The average Bonchev–Trinajstić information content (AvgIpc) is 2.32. The van der Waals surface area contributed by atoms with Crippen molar-refractivity contribution >= 4 is 0 Å². The standard InChI is InChI=1S/C14H23N3/c1-12(15)14-11-16(2)8-9-17(14)10-13-6-4-3-5-7-13/h3-7,12,14H,8-11,15H2,1-2H3/t12-,14?/m0/s1. The average molecular weight is 233 g/mol. The lowest BCUT2D eigenvalue weighted by Gasteiger charge is -2.42. The first-order chi connectivity index (χ1) is 8.16. The molecule has 3 nitrogen and oxygen atoms in total. The van der Waals surface area contributed by atoms with E-state index in [4.69, 9.17) is 5.73 Å². The van der Waals surface area contributed by atoms with Crippen LogP contribution < -0.4 is 5.73 Å². The van der Waals surface area contributed by atoms with Gasteiger partial charge in [-0.1, -0.05) is 30.3 Å². The fourth-order valence-electron chi connectivity index (χ4n) is 2.50. The van der Waals surface area contributed by atoms with Gasteiger partial charge >= 0.3 is 0 Å². The van der Waals surface area contributed by atoms with Crippen molar-refractivity contribution in [3.05, 3.63) is 35.9 Å². The summed E-state index contributed by atoms with van der Waals surface area (Å²) in [5, 5.41) is 0. The Labute approximate surface area is 104 Å². The van der Waals surface area contributed by atoms with E-state index in [0.717, 1.165) is 26.2 Å².